The van der Waals surface area contributed by atoms with E-state index >= 15 is 0 Å². The number of rotatable bonds is 6. The molecule has 0 amide bonds. The molecule has 2 N–H and O–H groups in total. The van der Waals surface area contributed by atoms with Crippen molar-refractivity contribution in [3.8, 4) is 0 Å². The number of guanidine groups is 1. The number of hydrogen-bond donors (Lipinski definition) is 2. The lowest BCUT2D eigenvalue weighted by molar-refractivity contribution is 0.267. The lowest BCUT2D eigenvalue weighted by Gasteiger charge is -2.23. The summed E-state index contributed by atoms with van der Waals surface area (Å²) in [6.45, 7) is 8.89. The molecule has 0 aromatic heterocycles. The van der Waals surface area contributed by atoms with Gasteiger partial charge in [-0.25, -0.2) is 0 Å². The Labute approximate surface area is 129 Å². The molecule has 0 aliphatic carbocycles. The fourth-order valence-corrected chi connectivity index (χ4v) is 2.36. The van der Waals surface area contributed by atoms with Crippen molar-refractivity contribution in [2.45, 2.75) is 45.6 Å². The van der Waals surface area contributed by atoms with E-state index in [0.717, 1.165) is 25.6 Å². The molecule has 18 heavy (non-hydrogen) atoms. The van der Waals surface area contributed by atoms with Crippen LogP contribution in [-0.4, -0.2) is 50.1 Å². The first kappa shape index (κ1) is 18.0. The second-order valence-electron chi connectivity index (χ2n) is 4.66. The molecule has 0 spiro atoms. The molecule has 4 nitrogen and oxygen atoms in total. The molecule has 1 aliphatic rings. The van der Waals surface area contributed by atoms with Gasteiger partial charge in [0.2, 0.25) is 0 Å². The zero-order chi connectivity index (χ0) is 12.5. The number of hydrogen-bond acceptors (Lipinski definition) is 2. The Morgan fingerprint density at radius 1 is 1.33 bits per heavy atom. The molecule has 0 bridgehead atoms. The van der Waals surface area contributed by atoms with Crippen LogP contribution in [0.3, 0.4) is 0 Å². The van der Waals surface area contributed by atoms with Crippen molar-refractivity contribution in [2.24, 2.45) is 4.99 Å². The van der Waals surface area contributed by atoms with E-state index in [2.05, 4.69) is 34.4 Å². The molecule has 0 aromatic rings. The Hall–Kier alpha value is -0.0400. The number of unbranched alkanes of at least 4 members (excludes halogenated alkanes) is 1. The number of likely N-dealkylation sites (N-methyl/N-ethyl adjacent to an activating group) is 1. The average Bonchev–Trinajstić information content (AvgIpc) is 2.81. The number of nitrogens with zero attached hydrogens (tertiary/aromatic N) is 2. The van der Waals surface area contributed by atoms with Gasteiger partial charge in [0, 0.05) is 26.2 Å². The van der Waals surface area contributed by atoms with Crippen molar-refractivity contribution >= 4 is 29.9 Å². The monoisotopic (exact) mass is 368 g/mol. The van der Waals surface area contributed by atoms with Crippen molar-refractivity contribution < 1.29 is 0 Å². The minimum absolute atomic E-state index is 0. The van der Waals surface area contributed by atoms with Crippen LogP contribution in [0.4, 0.5) is 0 Å². The third-order valence-corrected chi connectivity index (χ3v) is 3.46. The molecule has 0 saturated carbocycles. The van der Waals surface area contributed by atoms with Gasteiger partial charge in [-0.2, -0.15) is 0 Å². The van der Waals surface area contributed by atoms with Crippen molar-refractivity contribution in [1.82, 2.24) is 15.5 Å². The van der Waals surface area contributed by atoms with E-state index in [0.29, 0.717) is 6.04 Å². The lowest BCUT2D eigenvalue weighted by Crippen LogP contribution is -2.45. The Morgan fingerprint density at radius 3 is 2.72 bits per heavy atom. The molecule has 0 aromatic carbocycles. The Bertz CT molecular complexity index is 233. The predicted molar refractivity (Wildman–Crippen MR) is 90.0 cm³/mol. The van der Waals surface area contributed by atoms with Crippen molar-refractivity contribution in [3.63, 3.8) is 0 Å². The van der Waals surface area contributed by atoms with E-state index in [1.807, 2.05) is 7.05 Å². The van der Waals surface area contributed by atoms with Gasteiger partial charge in [0.05, 0.1) is 0 Å². The van der Waals surface area contributed by atoms with Gasteiger partial charge in [-0.15, -0.1) is 24.0 Å². The first-order chi connectivity index (χ1) is 8.31. The van der Waals surface area contributed by atoms with Gasteiger partial charge in [0.25, 0.3) is 0 Å². The average molecular weight is 368 g/mol. The minimum atomic E-state index is 0. The van der Waals surface area contributed by atoms with Crippen LogP contribution in [0.1, 0.15) is 39.5 Å². The third-order valence-electron chi connectivity index (χ3n) is 3.46. The normalized spacial score (nSPS) is 20.6. The summed E-state index contributed by atoms with van der Waals surface area (Å²) in [6, 6.07) is 0.685. The van der Waals surface area contributed by atoms with Crippen LogP contribution in [0.15, 0.2) is 4.99 Å². The summed E-state index contributed by atoms with van der Waals surface area (Å²) in [5.41, 5.74) is 0. The first-order valence-corrected chi connectivity index (χ1v) is 7.00. The van der Waals surface area contributed by atoms with E-state index in [1.54, 1.807) is 0 Å². The van der Waals surface area contributed by atoms with Crippen molar-refractivity contribution in [1.29, 1.82) is 0 Å². The number of nitrogens with one attached hydrogen (secondary N) is 2. The second-order valence-corrected chi connectivity index (χ2v) is 4.66. The SMILES string of the molecule is CCCCNC(=NC)NCC1CCCN1CC.I. The fraction of sp³-hybridized carbons (Fsp3) is 0.923. The second kappa shape index (κ2) is 10.8. The van der Waals surface area contributed by atoms with Gasteiger partial charge in [-0.05, 0) is 32.4 Å². The molecule has 1 rings (SSSR count). The maximum Gasteiger partial charge on any atom is 0.191 e. The van der Waals surface area contributed by atoms with Gasteiger partial charge < -0.3 is 10.6 Å². The first-order valence-electron chi connectivity index (χ1n) is 7.00. The summed E-state index contributed by atoms with van der Waals surface area (Å²) < 4.78 is 0. The molecule has 1 heterocycles. The molecule has 0 radical (unpaired) electrons. The molecule has 1 unspecified atom stereocenters. The summed E-state index contributed by atoms with van der Waals surface area (Å²) in [6.07, 6.45) is 5.07. The molecule has 108 valence electrons. The highest BCUT2D eigenvalue weighted by Gasteiger charge is 2.22. The van der Waals surface area contributed by atoms with Crippen molar-refractivity contribution in [3.05, 3.63) is 0 Å². The summed E-state index contributed by atoms with van der Waals surface area (Å²) in [4.78, 5) is 6.80. The zero-order valence-electron chi connectivity index (χ0n) is 12.0. The molecule has 1 fully saturated rings. The predicted octanol–water partition coefficient (Wildman–Crippen LogP) is 2.05. The summed E-state index contributed by atoms with van der Waals surface area (Å²) in [7, 11) is 1.84. The lowest BCUT2D eigenvalue weighted by atomic mass is 10.2. The van der Waals surface area contributed by atoms with E-state index in [-0.39, 0.29) is 24.0 Å². The maximum atomic E-state index is 4.25. The summed E-state index contributed by atoms with van der Waals surface area (Å²) >= 11 is 0. The van der Waals surface area contributed by atoms with E-state index < -0.39 is 0 Å². The fourth-order valence-electron chi connectivity index (χ4n) is 2.36. The quantitative estimate of drug-likeness (QED) is 0.326. The van der Waals surface area contributed by atoms with Crippen LogP contribution >= 0.6 is 24.0 Å². The van der Waals surface area contributed by atoms with E-state index in [1.165, 1.54) is 32.2 Å². The van der Waals surface area contributed by atoms with Crippen molar-refractivity contribution in [2.75, 3.05) is 33.2 Å². The number of aliphatic imine (C=N–C) groups is 1. The third kappa shape index (κ3) is 6.22. The van der Waals surface area contributed by atoms with Gasteiger partial charge in [0.1, 0.15) is 0 Å². The largest absolute Gasteiger partial charge is 0.356 e. The summed E-state index contributed by atoms with van der Waals surface area (Å²) in [5, 5.41) is 6.78. The zero-order valence-corrected chi connectivity index (χ0v) is 14.4. The Morgan fingerprint density at radius 2 is 2.11 bits per heavy atom. The van der Waals surface area contributed by atoms with Gasteiger partial charge in [-0.1, -0.05) is 20.3 Å². The highest BCUT2D eigenvalue weighted by Crippen LogP contribution is 2.15. The number of halogens is 1. The van der Waals surface area contributed by atoms with Gasteiger partial charge in [0.15, 0.2) is 5.96 Å². The van der Waals surface area contributed by atoms with Crippen LogP contribution < -0.4 is 10.6 Å². The summed E-state index contributed by atoms with van der Waals surface area (Å²) in [5.74, 6) is 0.946. The topological polar surface area (TPSA) is 39.7 Å². The minimum Gasteiger partial charge on any atom is -0.356 e. The van der Waals surface area contributed by atoms with Gasteiger partial charge >= 0.3 is 0 Å². The van der Waals surface area contributed by atoms with Crippen LogP contribution in [0.5, 0.6) is 0 Å². The molecule has 1 aliphatic heterocycles. The van der Waals surface area contributed by atoms with Crippen LogP contribution in [0.25, 0.3) is 0 Å². The van der Waals surface area contributed by atoms with E-state index in [9.17, 15) is 0 Å². The smallest absolute Gasteiger partial charge is 0.191 e. The van der Waals surface area contributed by atoms with Gasteiger partial charge in [-0.3, -0.25) is 9.89 Å². The maximum absolute atomic E-state index is 4.25. The Balaban J connectivity index is 0.00000289. The van der Waals surface area contributed by atoms with Crippen LogP contribution in [0, 0.1) is 0 Å². The van der Waals surface area contributed by atoms with Crippen LogP contribution in [0.2, 0.25) is 0 Å². The highest BCUT2D eigenvalue weighted by atomic mass is 127. The Kier molecular flexibility index (Phi) is 10.8. The molecular weight excluding hydrogens is 339 g/mol. The van der Waals surface area contributed by atoms with E-state index in [4.69, 9.17) is 0 Å². The standard InChI is InChI=1S/C13H28N4.HI/c1-4-6-9-15-13(14-3)16-11-12-8-7-10-17(12)5-2;/h12H,4-11H2,1-3H3,(H2,14,15,16);1H. The van der Waals surface area contributed by atoms with Crippen LogP contribution in [-0.2, 0) is 0 Å². The highest BCUT2D eigenvalue weighted by molar-refractivity contribution is 14.0. The molecular formula is C13H29IN4. The number of likely N-dealkylation sites (tertiary alicyclic amines) is 1. The molecule has 5 heteroatoms. The molecule has 1 atom stereocenters. The molecule has 1 saturated heterocycles.